The molecule has 4 aliphatic rings. The molecule has 15 N–H and O–H groups in total. The number of carbonyl (C=O) groups excluding carboxylic acids is 4. The number of rotatable bonds is 23. The molecule has 12 aromatic heterocycles. The molecule has 4 aliphatic heterocycles. The van der Waals surface area contributed by atoms with Crippen LogP contribution in [0.2, 0.25) is 0 Å². The molecule has 626 valence electrons. The van der Waals surface area contributed by atoms with E-state index in [1.807, 2.05) is 25.2 Å². The van der Waals surface area contributed by atoms with Crippen LogP contribution in [-0.2, 0) is 0 Å². The summed E-state index contributed by atoms with van der Waals surface area (Å²) in [4.78, 5) is 96.6. The Morgan fingerprint density at radius 2 is 0.899 bits per heavy atom. The third kappa shape index (κ3) is 19.5. The number of hydrogen-bond acceptors (Lipinski definition) is 32. The van der Waals surface area contributed by atoms with Gasteiger partial charge in [0, 0.05) is 139 Å². The summed E-state index contributed by atoms with van der Waals surface area (Å²) in [6, 6.07) is 12.9. The van der Waals surface area contributed by atoms with Gasteiger partial charge in [-0.05, 0) is 103 Å². The standard InChI is InChI=1S/C20H26N8O2.2C19H24N8O2.C18H19F3N8O2/c1-26-9-4-5-13(26)12-27(2)16-7-10-28-19(24-16)17(18(21)25-28)20(29)23-14-11-22-8-6-15(14)30-3;1-26-8-3-4-12(26)10-22-15-6-9-27-18(24-15)16(17(20)25-27)19(28)23-13-11-21-7-5-14(13)29-2;1-29-14-4-6-21-12-13(14)23-19(28)16-17(20)25-27-10-5-15(24-18(16)27)22-7-11-26-8-2-3-9-26;1-31-11-2-4-23-8-10(11)25-17(30)14-15(22)27-29-6-3-13(26-16(14)29)28-7-5-24-12(9-28)18(19,20)21/h6-8,10-11,13H,4-5,9,12H2,1-3H3,(H2,21,25)(H,23,29);5-7,9,11-12H,3-4,8,10H2,1-2H3,(H2,20,25)(H,22,24)(H,23,28);4-6,10,12H,2-3,7-9,11H2,1H3,(H2,20,25)(H,22,24)(H,23,28);2-4,6,8,12,24H,5,7,9H2,1H3,(H2,22,27)(H,25,30). The summed E-state index contributed by atoms with van der Waals surface area (Å²) >= 11 is 0. The van der Waals surface area contributed by atoms with Gasteiger partial charge in [0.15, 0.2) is 45.9 Å². The zero-order chi connectivity index (χ0) is 84.0. The lowest BCUT2D eigenvalue weighted by molar-refractivity contribution is -0.155. The highest BCUT2D eigenvalue weighted by Gasteiger charge is 2.42. The molecule has 0 aromatic carbocycles. The van der Waals surface area contributed by atoms with E-state index in [0.29, 0.717) is 93.0 Å². The van der Waals surface area contributed by atoms with Gasteiger partial charge in [-0.1, -0.05) is 0 Å². The van der Waals surface area contributed by atoms with Gasteiger partial charge >= 0.3 is 6.18 Å². The van der Waals surface area contributed by atoms with E-state index in [1.54, 1.807) is 61.4 Å². The fraction of sp³-hybridized carbons (Fsp3) is 0.368. The topological polar surface area (TPSA) is 482 Å². The van der Waals surface area contributed by atoms with Gasteiger partial charge in [0.1, 0.15) is 97.3 Å². The van der Waals surface area contributed by atoms with Crippen molar-refractivity contribution in [3.8, 4) is 23.0 Å². The fourth-order valence-corrected chi connectivity index (χ4v) is 14.2. The van der Waals surface area contributed by atoms with E-state index in [1.165, 1.54) is 127 Å². The average Bonchev–Trinajstić information content (AvgIpc) is 1.65. The normalized spacial score (nSPS) is 16.2. The highest BCUT2D eigenvalue weighted by atomic mass is 19.4. The molecule has 4 amide bonds. The zero-order valence-electron chi connectivity index (χ0n) is 66.4. The van der Waals surface area contributed by atoms with E-state index in [4.69, 9.17) is 41.9 Å². The quantitative estimate of drug-likeness (QED) is 0.0363. The van der Waals surface area contributed by atoms with Gasteiger partial charge in [-0.3, -0.25) is 39.1 Å². The maximum atomic E-state index is 13.1. The van der Waals surface area contributed by atoms with Crippen LogP contribution in [0.4, 0.5) is 82.5 Å². The van der Waals surface area contributed by atoms with Crippen LogP contribution in [0, 0.1) is 0 Å². The summed E-state index contributed by atoms with van der Waals surface area (Å²) in [5, 5.41) is 36.8. The Bertz CT molecular complexity index is 5580. The largest absolute Gasteiger partial charge is 0.494 e. The predicted molar refractivity (Wildman–Crippen MR) is 442 cm³/mol. The van der Waals surface area contributed by atoms with Crippen molar-refractivity contribution < 1.29 is 51.3 Å². The van der Waals surface area contributed by atoms with Crippen LogP contribution in [0.3, 0.4) is 0 Å². The third-order valence-corrected chi connectivity index (χ3v) is 20.5. The summed E-state index contributed by atoms with van der Waals surface area (Å²) in [5.74, 6) is 2.66. The van der Waals surface area contributed by atoms with Crippen molar-refractivity contribution in [2.45, 2.75) is 62.8 Å². The maximum Gasteiger partial charge on any atom is 0.405 e. The number of nitrogen functional groups attached to an aromatic ring is 4. The molecular formula is C76H93F3N32O8. The van der Waals surface area contributed by atoms with E-state index in [0.717, 1.165) is 64.6 Å². The smallest absolute Gasteiger partial charge is 0.405 e. The first-order valence-electron chi connectivity index (χ1n) is 38.1. The van der Waals surface area contributed by atoms with Gasteiger partial charge in [0.05, 0.1) is 53.2 Å². The molecule has 0 aliphatic carbocycles. The highest BCUT2D eigenvalue weighted by Crippen LogP contribution is 2.33. The summed E-state index contributed by atoms with van der Waals surface area (Å²) in [6.45, 7) is 8.08. The number of nitrogens with one attached hydrogen (secondary N) is 7. The van der Waals surface area contributed by atoms with Crippen molar-refractivity contribution in [2.24, 2.45) is 0 Å². The Kier molecular flexibility index (Phi) is 26.1. The molecule has 0 radical (unpaired) electrons. The lowest BCUT2D eigenvalue weighted by atomic mass is 10.2. The van der Waals surface area contributed by atoms with Crippen LogP contribution >= 0.6 is 0 Å². The first-order valence-corrected chi connectivity index (χ1v) is 38.1. The van der Waals surface area contributed by atoms with E-state index < -0.39 is 35.8 Å². The molecule has 4 saturated heterocycles. The molecule has 4 fully saturated rings. The van der Waals surface area contributed by atoms with Crippen molar-refractivity contribution in [1.82, 2.24) is 98.3 Å². The van der Waals surface area contributed by atoms with Gasteiger partial charge in [-0.15, -0.1) is 20.4 Å². The average molecular weight is 1640 g/mol. The van der Waals surface area contributed by atoms with Crippen LogP contribution in [-0.4, -0.2) is 263 Å². The number of aromatic nitrogens is 16. The van der Waals surface area contributed by atoms with Crippen molar-refractivity contribution in [2.75, 3.05) is 186 Å². The molecular weight excluding hydrogens is 1550 g/mol. The fourth-order valence-electron chi connectivity index (χ4n) is 14.2. The van der Waals surface area contributed by atoms with Crippen molar-refractivity contribution in [1.29, 1.82) is 0 Å². The number of ether oxygens (including phenoxy) is 4. The number of likely N-dealkylation sites (tertiary alicyclic amines) is 3. The van der Waals surface area contributed by atoms with Crippen LogP contribution in [0.25, 0.3) is 22.6 Å². The van der Waals surface area contributed by atoms with E-state index in [9.17, 15) is 32.3 Å². The Labute approximate surface area is 679 Å². The van der Waals surface area contributed by atoms with E-state index in [2.05, 4.69) is 131 Å². The second-order valence-corrected chi connectivity index (χ2v) is 28.2. The number of likely N-dealkylation sites (N-methyl/N-ethyl adjacent to an activating group) is 3. The van der Waals surface area contributed by atoms with Crippen LogP contribution in [0.15, 0.2) is 123 Å². The molecule has 0 bridgehead atoms. The number of anilines is 12. The SMILES string of the molecule is COc1ccncc1NC(=O)c1c(N)nn2ccc(N(C)CC3CCCN3C)nc12.COc1ccncc1NC(=O)c1c(N)nn2ccc(N3CCNC(C(F)(F)F)C3)nc12.COc1ccncc1NC(=O)c1c(N)nn2ccc(NCC3CCCN3C)nc12.COc1ccncc1NC(=O)c1c(N)nn2ccc(NCCN3CCCC3)nc12. The highest BCUT2D eigenvalue weighted by molar-refractivity contribution is 6.14. The molecule has 3 unspecified atom stereocenters. The van der Waals surface area contributed by atoms with Gasteiger partial charge in [-0.25, -0.2) is 38.0 Å². The summed E-state index contributed by atoms with van der Waals surface area (Å²) < 4.78 is 66.1. The molecule has 119 heavy (non-hydrogen) atoms. The number of methoxy groups -OCH3 is 4. The number of alkyl halides is 3. The van der Waals surface area contributed by atoms with Crippen molar-refractivity contribution in [3.05, 3.63) is 145 Å². The van der Waals surface area contributed by atoms with Crippen LogP contribution < -0.4 is 88.9 Å². The first kappa shape index (κ1) is 83.1. The molecule has 0 spiro atoms. The van der Waals surface area contributed by atoms with Gasteiger partial charge in [-0.2, -0.15) is 13.2 Å². The molecule has 16 heterocycles. The third-order valence-electron chi connectivity index (χ3n) is 20.5. The minimum atomic E-state index is -4.38. The van der Waals surface area contributed by atoms with Gasteiger partial charge in [0.25, 0.3) is 23.6 Å². The number of nitrogens with two attached hydrogens (primary N) is 4. The first-order chi connectivity index (χ1) is 57.5. The number of carbonyl (C=O) groups is 4. The molecule has 43 heteroatoms. The summed E-state index contributed by atoms with van der Waals surface area (Å²) in [5.41, 5.74) is 27.6. The van der Waals surface area contributed by atoms with Gasteiger partial charge in [0.2, 0.25) is 0 Å². The summed E-state index contributed by atoms with van der Waals surface area (Å²) in [6.07, 6.45) is 21.8. The number of pyridine rings is 4. The predicted octanol–water partition coefficient (Wildman–Crippen LogP) is 5.75. The number of fused-ring (bicyclic) bond motifs is 4. The van der Waals surface area contributed by atoms with Gasteiger partial charge < -0.3 is 104 Å². The Hall–Kier alpha value is -13.8. The molecule has 16 rings (SSSR count). The maximum absolute atomic E-state index is 13.1. The molecule has 40 nitrogen and oxygen atoms in total. The number of halogens is 3. The van der Waals surface area contributed by atoms with E-state index >= 15 is 0 Å². The Morgan fingerprint density at radius 1 is 0.504 bits per heavy atom. The minimum absolute atomic E-state index is 0.00439. The number of hydrogen-bond donors (Lipinski definition) is 11. The number of amides is 4. The van der Waals surface area contributed by atoms with Crippen LogP contribution in [0.5, 0.6) is 23.0 Å². The van der Waals surface area contributed by atoms with E-state index in [-0.39, 0.29) is 70.1 Å². The molecule has 0 saturated carbocycles. The molecule has 12 aromatic rings. The zero-order valence-corrected chi connectivity index (χ0v) is 66.4. The Morgan fingerprint density at radius 3 is 1.31 bits per heavy atom. The lowest BCUT2D eigenvalue weighted by Gasteiger charge is -2.35. The van der Waals surface area contributed by atoms with Crippen LogP contribution in [0.1, 0.15) is 80.0 Å². The number of piperazine rings is 1. The van der Waals surface area contributed by atoms with Crippen molar-refractivity contribution in [3.63, 3.8) is 0 Å². The second-order valence-electron chi connectivity index (χ2n) is 28.2. The summed E-state index contributed by atoms with van der Waals surface area (Å²) in [7, 11) is 12.3. The monoisotopic (exact) mass is 1640 g/mol. The van der Waals surface area contributed by atoms with Crippen molar-refractivity contribution >= 4 is 116 Å². The molecule has 3 atom stereocenters. The Balaban J connectivity index is 0.000000137. The second kappa shape index (κ2) is 37.4. The lowest BCUT2D eigenvalue weighted by Crippen LogP contribution is -2.57. The minimum Gasteiger partial charge on any atom is -0.494 e. The number of nitrogens with zero attached hydrogens (tertiary/aromatic N) is 21.